The Morgan fingerprint density at radius 1 is 0.917 bits per heavy atom. The maximum absolute atomic E-state index is 14.1. The van der Waals surface area contributed by atoms with Crippen LogP contribution in [-0.2, 0) is 20.7 Å². The number of hydrogen-bond donors (Lipinski definition) is 2. The second kappa shape index (κ2) is 14.4. The van der Waals surface area contributed by atoms with Gasteiger partial charge in [-0.2, -0.15) is 18.2 Å². The molecule has 4 N–H and O–H groups in total. The summed E-state index contributed by atoms with van der Waals surface area (Å²) in [4.78, 5) is 45.9. The molecule has 5 rings (SSSR count). The van der Waals surface area contributed by atoms with E-state index in [0.717, 1.165) is 6.07 Å². The summed E-state index contributed by atoms with van der Waals surface area (Å²) in [6, 6.07) is 10.9. The summed E-state index contributed by atoms with van der Waals surface area (Å²) in [5, 5.41) is 0. The molecule has 2 heterocycles. The molecular weight excluding hydrogens is 639 g/mol. The molecule has 0 aliphatic carbocycles. The minimum atomic E-state index is -5.26. The molecule has 3 aromatic carbocycles. The lowest BCUT2D eigenvalue weighted by molar-refractivity contribution is -0.171. The molecule has 3 aromatic rings. The maximum atomic E-state index is 14.1. The number of anilines is 3. The standard InChI is InChI=1S/C33H33F5N6O4/c34-22-14-21(15-23(35)17-22)13-20-1-4-28(39)27(16-20)30(40)41-31(46)26-3-2-25(43-9-7-42(19-45)8-10-43)18-29(26)44(32(47)33(36,37)38)24-5-11-48-12-6-24/h1-4,14-19,24H,5-13,39H2,(H2,40,41,46). The van der Waals surface area contributed by atoms with Gasteiger partial charge in [-0.05, 0) is 72.9 Å². The average molecular weight is 673 g/mol. The second-order valence-electron chi connectivity index (χ2n) is 11.5. The van der Waals surface area contributed by atoms with Crippen molar-refractivity contribution in [3.63, 3.8) is 0 Å². The van der Waals surface area contributed by atoms with E-state index in [1.165, 1.54) is 42.5 Å². The lowest BCUT2D eigenvalue weighted by Gasteiger charge is -2.37. The summed E-state index contributed by atoms with van der Waals surface area (Å²) < 4.78 is 75.0. The first-order valence-corrected chi connectivity index (χ1v) is 15.1. The smallest absolute Gasteiger partial charge is 0.398 e. The van der Waals surface area contributed by atoms with E-state index in [1.807, 2.05) is 4.90 Å². The number of nitrogens with two attached hydrogens (primary N) is 2. The minimum absolute atomic E-state index is 0.0928. The van der Waals surface area contributed by atoms with E-state index in [4.69, 9.17) is 16.2 Å². The predicted octanol–water partition coefficient (Wildman–Crippen LogP) is 4.04. The summed E-state index contributed by atoms with van der Waals surface area (Å²) in [5.74, 6) is -5.03. The Balaban J connectivity index is 1.54. The zero-order valence-corrected chi connectivity index (χ0v) is 25.7. The van der Waals surface area contributed by atoms with Crippen LogP contribution in [0.2, 0.25) is 0 Å². The Morgan fingerprint density at radius 2 is 1.58 bits per heavy atom. The van der Waals surface area contributed by atoms with E-state index in [2.05, 4.69) is 4.99 Å². The molecular formula is C33H33F5N6O4. The number of piperazine rings is 1. The van der Waals surface area contributed by atoms with Crippen LogP contribution in [0.15, 0.2) is 59.6 Å². The highest BCUT2D eigenvalue weighted by molar-refractivity contribution is 6.14. The third kappa shape index (κ3) is 7.90. The Bertz CT molecular complexity index is 1700. The number of aliphatic imine (C=N–C) groups is 1. The van der Waals surface area contributed by atoms with Gasteiger partial charge in [-0.3, -0.25) is 14.4 Å². The molecule has 0 atom stereocenters. The lowest BCUT2D eigenvalue weighted by Crippen LogP contribution is -2.50. The first-order chi connectivity index (χ1) is 22.8. The average Bonchev–Trinajstić information content (AvgIpc) is 3.05. The molecule has 0 aromatic heterocycles. The molecule has 15 heteroatoms. The van der Waals surface area contributed by atoms with Crippen molar-refractivity contribution in [2.45, 2.75) is 31.5 Å². The third-order valence-electron chi connectivity index (χ3n) is 8.26. The molecule has 0 radical (unpaired) electrons. The number of amides is 3. The predicted molar refractivity (Wildman–Crippen MR) is 169 cm³/mol. The van der Waals surface area contributed by atoms with Crippen molar-refractivity contribution in [2.75, 3.05) is 54.9 Å². The van der Waals surface area contributed by atoms with Crippen LogP contribution in [0.25, 0.3) is 0 Å². The minimum Gasteiger partial charge on any atom is -0.398 e. The van der Waals surface area contributed by atoms with Gasteiger partial charge in [0.15, 0.2) is 0 Å². The number of hydrogen-bond acceptors (Lipinski definition) is 6. The number of halogens is 5. The fraction of sp³-hybridized carbons (Fsp3) is 0.333. The molecule has 2 aliphatic rings. The van der Waals surface area contributed by atoms with Crippen LogP contribution in [0.4, 0.5) is 39.0 Å². The Labute approximate surface area is 272 Å². The van der Waals surface area contributed by atoms with Gasteiger partial charge in [0.05, 0.1) is 11.3 Å². The zero-order chi connectivity index (χ0) is 34.6. The van der Waals surface area contributed by atoms with Gasteiger partial charge in [0.1, 0.15) is 17.5 Å². The highest BCUT2D eigenvalue weighted by Crippen LogP contribution is 2.35. The van der Waals surface area contributed by atoms with E-state index >= 15 is 0 Å². The van der Waals surface area contributed by atoms with Gasteiger partial charge >= 0.3 is 12.1 Å². The van der Waals surface area contributed by atoms with Gasteiger partial charge in [0, 0.05) is 68.4 Å². The number of rotatable bonds is 8. The highest BCUT2D eigenvalue weighted by atomic mass is 19.4. The SMILES string of the molecule is NC(=NC(=O)c1ccc(N2CCN(C=O)CC2)cc1N(C(=O)C(F)(F)F)C1CCOCC1)c1cc(Cc2cc(F)cc(F)c2)ccc1N. The topological polar surface area (TPSA) is 135 Å². The van der Waals surface area contributed by atoms with Crippen molar-refractivity contribution in [1.29, 1.82) is 0 Å². The molecule has 2 saturated heterocycles. The van der Waals surface area contributed by atoms with Crippen LogP contribution >= 0.6 is 0 Å². The lowest BCUT2D eigenvalue weighted by atomic mass is 10.0. The van der Waals surface area contributed by atoms with Crippen LogP contribution in [0.5, 0.6) is 0 Å². The van der Waals surface area contributed by atoms with Gasteiger partial charge in [-0.15, -0.1) is 0 Å². The van der Waals surface area contributed by atoms with E-state index in [0.29, 0.717) is 54.3 Å². The summed E-state index contributed by atoms with van der Waals surface area (Å²) in [6.07, 6.45) is -4.25. The van der Waals surface area contributed by atoms with Crippen LogP contribution in [0, 0.1) is 11.6 Å². The van der Waals surface area contributed by atoms with Crippen molar-refractivity contribution in [1.82, 2.24) is 4.90 Å². The van der Waals surface area contributed by atoms with Crippen molar-refractivity contribution < 1.29 is 41.1 Å². The zero-order valence-electron chi connectivity index (χ0n) is 25.7. The summed E-state index contributed by atoms with van der Waals surface area (Å²) in [6.45, 7) is 1.73. The molecule has 0 saturated carbocycles. The number of benzene rings is 3. The highest BCUT2D eigenvalue weighted by Gasteiger charge is 2.46. The largest absolute Gasteiger partial charge is 0.471 e. The summed E-state index contributed by atoms with van der Waals surface area (Å²) in [5.41, 5.74) is 13.3. The molecule has 0 spiro atoms. The van der Waals surface area contributed by atoms with Crippen LogP contribution in [-0.4, -0.2) is 80.6 Å². The van der Waals surface area contributed by atoms with Crippen LogP contribution < -0.4 is 21.3 Å². The molecule has 254 valence electrons. The van der Waals surface area contributed by atoms with Crippen LogP contribution in [0.1, 0.15) is 39.9 Å². The van der Waals surface area contributed by atoms with Gasteiger partial charge in [0.2, 0.25) is 6.41 Å². The third-order valence-corrected chi connectivity index (χ3v) is 8.26. The number of ether oxygens (including phenoxy) is 1. The molecule has 3 amide bonds. The van der Waals surface area contributed by atoms with Gasteiger partial charge in [-0.1, -0.05) is 6.07 Å². The Kier molecular flexibility index (Phi) is 10.3. The monoisotopic (exact) mass is 672 g/mol. The number of amidine groups is 1. The normalized spacial score (nSPS) is 16.1. The van der Waals surface area contributed by atoms with E-state index in [-0.39, 0.29) is 60.8 Å². The van der Waals surface area contributed by atoms with Gasteiger partial charge in [-0.25, -0.2) is 8.78 Å². The second-order valence-corrected chi connectivity index (χ2v) is 11.5. The quantitative estimate of drug-likeness (QED) is 0.121. The molecule has 2 aliphatic heterocycles. The molecule has 2 fully saturated rings. The fourth-order valence-electron chi connectivity index (χ4n) is 5.85. The summed E-state index contributed by atoms with van der Waals surface area (Å²) >= 11 is 0. The molecule has 0 unspecified atom stereocenters. The number of nitrogens with zero attached hydrogens (tertiary/aromatic N) is 4. The van der Waals surface area contributed by atoms with Gasteiger partial charge in [0.25, 0.3) is 5.91 Å². The summed E-state index contributed by atoms with van der Waals surface area (Å²) in [7, 11) is 0. The number of carbonyl (C=O) groups is 3. The Morgan fingerprint density at radius 3 is 2.21 bits per heavy atom. The van der Waals surface area contributed by atoms with E-state index in [9.17, 15) is 36.3 Å². The number of nitrogen functional groups attached to an aromatic ring is 1. The molecule has 10 nitrogen and oxygen atoms in total. The van der Waals surface area contributed by atoms with E-state index in [1.54, 1.807) is 11.0 Å². The first kappa shape index (κ1) is 34.3. The van der Waals surface area contributed by atoms with E-state index < -0.39 is 35.7 Å². The molecule has 0 bridgehead atoms. The maximum Gasteiger partial charge on any atom is 0.471 e. The van der Waals surface area contributed by atoms with Crippen molar-refractivity contribution >= 4 is 41.1 Å². The van der Waals surface area contributed by atoms with Crippen molar-refractivity contribution in [3.05, 3.63) is 88.5 Å². The number of carbonyl (C=O) groups excluding carboxylic acids is 3. The first-order valence-electron chi connectivity index (χ1n) is 15.1. The van der Waals surface area contributed by atoms with Crippen molar-refractivity contribution in [2.24, 2.45) is 10.7 Å². The fourth-order valence-corrected chi connectivity index (χ4v) is 5.85. The van der Waals surface area contributed by atoms with Crippen molar-refractivity contribution in [3.8, 4) is 0 Å². The number of alkyl halides is 3. The van der Waals surface area contributed by atoms with Gasteiger partial charge < -0.3 is 30.9 Å². The molecule has 48 heavy (non-hydrogen) atoms. The van der Waals surface area contributed by atoms with Crippen LogP contribution in [0.3, 0.4) is 0 Å². The Hall–Kier alpha value is -5.05.